The highest BCUT2D eigenvalue weighted by Crippen LogP contribution is 2.24. The Balaban J connectivity index is 2.03. The van der Waals surface area contributed by atoms with Gasteiger partial charge in [-0.1, -0.05) is 12.1 Å². The van der Waals surface area contributed by atoms with Crippen LogP contribution in [0.1, 0.15) is 38.1 Å². The second-order valence-corrected chi connectivity index (χ2v) is 5.66. The summed E-state index contributed by atoms with van der Waals surface area (Å²) >= 11 is 5.43. The van der Waals surface area contributed by atoms with E-state index in [4.69, 9.17) is 17.0 Å². The number of rotatable bonds is 6. The smallest absolute Gasteiger partial charge is 0.171 e. The van der Waals surface area contributed by atoms with Gasteiger partial charge in [0, 0.05) is 17.8 Å². The van der Waals surface area contributed by atoms with Crippen LogP contribution in [0.4, 0.5) is 5.69 Å². The van der Waals surface area contributed by atoms with Crippen molar-refractivity contribution in [1.82, 2.24) is 15.1 Å². The molecule has 1 aromatic heterocycles. The molecule has 5 nitrogen and oxygen atoms in total. The summed E-state index contributed by atoms with van der Waals surface area (Å²) in [6, 6.07) is 7.84. The molecule has 0 amide bonds. The zero-order chi connectivity index (χ0) is 16.8. The molecule has 2 aromatic rings. The van der Waals surface area contributed by atoms with Crippen LogP contribution in [-0.4, -0.2) is 21.5 Å². The molecular formula is C17H24N4OS. The van der Waals surface area contributed by atoms with Crippen LogP contribution in [0.3, 0.4) is 0 Å². The van der Waals surface area contributed by atoms with Gasteiger partial charge in [-0.05, 0) is 52.0 Å². The van der Waals surface area contributed by atoms with E-state index in [1.807, 2.05) is 42.1 Å². The highest BCUT2D eigenvalue weighted by atomic mass is 32.1. The maximum atomic E-state index is 5.60. The van der Waals surface area contributed by atoms with Crippen LogP contribution in [0.2, 0.25) is 0 Å². The molecule has 1 heterocycles. The van der Waals surface area contributed by atoms with E-state index in [9.17, 15) is 0 Å². The van der Waals surface area contributed by atoms with E-state index in [-0.39, 0.29) is 6.04 Å². The largest absolute Gasteiger partial charge is 0.492 e. The Morgan fingerprint density at radius 3 is 2.74 bits per heavy atom. The topological polar surface area (TPSA) is 51.1 Å². The lowest BCUT2D eigenvalue weighted by atomic mass is 10.1. The molecule has 1 unspecified atom stereocenters. The standard InChI is InChI=1S/C17H24N4OS/c1-5-21-13(4)14(11-18-21)12(3)19-17(23)20-15-9-7-8-10-16(15)22-6-2/h7-12H,5-6H2,1-4H3,(H2,19,20,23). The number of aryl methyl sites for hydroxylation is 1. The van der Waals surface area contributed by atoms with Gasteiger partial charge in [-0.25, -0.2) is 0 Å². The number of ether oxygens (including phenoxy) is 1. The molecule has 0 aliphatic heterocycles. The number of aromatic nitrogens is 2. The summed E-state index contributed by atoms with van der Waals surface area (Å²) in [5.41, 5.74) is 3.17. The summed E-state index contributed by atoms with van der Waals surface area (Å²) < 4.78 is 7.58. The highest BCUT2D eigenvalue weighted by molar-refractivity contribution is 7.80. The van der Waals surface area contributed by atoms with Crippen molar-refractivity contribution in [2.24, 2.45) is 0 Å². The van der Waals surface area contributed by atoms with E-state index in [2.05, 4.69) is 36.5 Å². The van der Waals surface area contributed by atoms with E-state index in [1.165, 1.54) is 0 Å². The minimum absolute atomic E-state index is 0.0783. The fraction of sp³-hybridized carbons (Fsp3) is 0.412. The highest BCUT2D eigenvalue weighted by Gasteiger charge is 2.14. The summed E-state index contributed by atoms with van der Waals surface area (Å²) in [4.78, 5) is 0. The number of thiocarbonyl (C=S) groups is 1. The first kappa shape index (κ1) is 17.3. The third kappa shape index (κ3) is 4.22. The zero-order valence-electron chi connectivity index (χ0n) is 14.1. The van der Waals surface area contributed by atoms with E-state index in [1.54, 1.807) is 0 Å². The Labute approximate surface area is 143 Å². The molecule has 0 aliphatic rings. The summed E-state index contributed by atoms with van der Waals surface area (Å²) in [5.74, 6) is 0.793. The lowest BCUT2D eigenvalue weighted by Gasteiger charge is -2.18. The molecule has 0 radical (unpaired) electrons. The monoisotopic (exact) mass is 332 g/mol. The minimum atomic E-state index is 0.0783. The maximum Gasteiger partial charge on any atom is 0.171 e. The van der Waals surface area contributed by atoms with Gasteiger partial charge in [-0.15, -0.1) is 0 Å². The van der Waals surface area contributed by atoms with Crippen LogP contribution in [0, 0.1) is 6.92 Å². The second kappa shape index (κ2) is 7.97. The summed E-state index contributed by atoms with van der Waals surface area (Å²) in [6.45, 7) is 9.67. The van der Waals surface area contributed by atoms with Gasteiger partial charge in [0.2, 0.25) is 0 Å². The van der Waals surface area contributed by atoms with E-state index >= 15 is 0 Å². The van der Waals surface area contributed by atoms with Crippen LogP contribution in [0.15, 0.2) is 30.5 Å². The second-order valence-electron chi connectivity index (χ2n) is 5.25. The predicted molar refractivity (Wildman–Crippen MR) is 98.0 cm³/mol. The van der Waals surface area contributed by atoms with E-state index in [0.29, 0.717) is 11.7 Å². The van der Waals surface area contributed by atoms with Gasteiger partial charge < -0.3 is 15.4 Å². The lowest BCUT2D eigenvalue weighted by molar-refractivity contribution is 0.342. The van der Waals surface area contributed by atoms with Crippen LogP contribution >= 0.6 is 12.2 Å². The van der Waals surface area contributed by atoms with Gasteiger partial charge >= 0.3 is 0 Å². The Morgan fingerprint density at radius 1 is 1.35 bits per heavy atom. The van der Waals surface area contributed by atoms with Crippen molar-refractivity contribution >= 4 is 23.0 Å². The van der Waals surface area contributed by atoms with Gasteiger partial charge in [-0.3, -0.25) is 4.68 Å². The third-order valence-corrected chi connectivity index (χ3v) is 3.91. The molecule has 0 bridgehead atoms. The summed E-state index contributed by atoms with van der Waals surface area (Å²) in [5, 5.41) is 11.4. The first-order valence-electron chi connectivity index (χ1n) is 7.88. The Bertz CT molecular complexity index is 668. The van der Waals surface area contributed by atoms with Crippen molar-refractivity contribution in [1.29, 1.82) is 0 Å². The number of benzene rings is 1. The van der Waals surface area contributed by atoms with Crippen LogP contribution in [0.5, 0.6) is 5.75 Å². The fourth-order valence-electron chi connectivity index (χ4n) is 2.49. The number of hydrogen-bond acceptors (Lipinski definition) is 3. The average Bonchev–Trinajstić information content (AvgIpc) is 2.90. The first-order chi connectivity index (χ1) is 11.1. The molecule has 0 saturated carbocycles. The Hall–Kier alpha value is -2.08. The van der Waals surface area contributed by atoms with Crippen molar-refractivity contribution in [3.8, 4) is 5.75 Å². The molecule has 0 saturated heterocycles. The molecular weight excluding hydrogens is 308 g/mol. The van der Waals surface area contributed by atoms with Gasteiger partial charge in [0.25, 0.3) is 0 Å². The Kier molecular flexibility index (Phi) is 5.98. The maximum absolute atomic E-state index is 5.60. The molecule has 1 atom stereocenters. The normalized spacial score (nSPS) is 11.8. The third-order valence-electron chi connectivity index (χ3n) is 3.69. The van der Waals surface area contributed by atoms with Crippen molar-refractivity contribution in [3.05, 3.63) is 41.7 Å². The molecule has 0 spiro atoms. The van der Waals surface area contributed by atoms with Crippen molar-refractivity contribution in [3.63, 3.8) is 0 Å². The van der Waals surface area contributed by atoms with Crippen molar-refractivity contribution in [2.75, 3.05) is 11.9 Å². The molecule has 0 aliphatic carbocycles. The van der Waals surface area contributed by atoms with Gasteiger partial charge in [0.05, 0.1) is 24.5 Å². The Morgan fingerprint density at radius 2 is 2.09 bits per heavy atom. The SMILES string of the molecule is CCOc1ccccc1NC(=S)NC(C)c1cnn(CC)c1C. The summed E-state index contributed by atoms with van der Waals surface area (Å²) in [7, 11) is 0. The number of nitrogens with one attached hydrogen (secondary N) is 2. The minimum Gasteiger partial charge on any atom is -0.492 e. The molecule has 23 heavy (non-hydrogen) atoms. The first-order valence-corrected chi connectivity index (χ1v) is 8.29. The van der Waals surface area contributed by atoms with Gasteiger partial charge in [0.15, 0.2) is 5.11 Å². The predicted octanol–water partition coefficient (Wildman–Crippen LogP) is 3.66. The number of anilines is 1. The molecule has 1 aromatic carbocycles. The molecule has 124 valence electrons. The molecule has 2 N–H and O–H groups in total. The lowest BCUT2D eigenvalue weighted by Crippen LogP contribution is -2.31. The van der Waals surface area contributed by atoms with Gasteiger partial charge in [-0.2, -0.15) is 5.10 Å². The average molecular weight is 332 g/mol. The van der Waals surface area contributed by atoms with E-state index in [0.717, 1.165) is 29.2 Å². The zero-order valence-corrected chi connectivity index (χ0v) is 14.9. The summed E-state index contributed by atoms with van der Waals surface area (Å²) in [6.07, 6.45) is 1.90. The number of nitrogens with zero attached hydrogens (tertiary/aromatic N) is 2. The number of para-hydroxylation sites is 2. The molecule has 2 rings (SSSR count). The van der Waals surface area contributed by atoms with Crippen molar-refractivity contribution < 1.29 is 4.74 Å². The fourth-order valence-corrected chi connectivity index (χ4v) is 2.78. The van der Waals surface area contributed by atoms with Crippen LogP contribution in [0.25, 0.3) is 0 Å². The van der Waals surface area contributed by atoms with Crippen LogP contribution in [-0.2, 0) is 6.54 Å². The molecule has 0 fully saturated rings. The quantitative estimate of drug-likeness (QED) is 0.791. The molecule has 6 heteroatoms. The number of hydrogen-bond donors (Lipinski definition) is 2. The van der Waals surface area contributed by atoms with E-state index < -0.39 is 0 Å². The van der Waals surface area contributed by atoms with Crippen LogP contribution < -0.4 is 15.4 Å². The van der Waals surface area contributed by atoms with Crippen molar-refractivity contribution in [2.45, 2.75) is 40.3 Å². The van der Waals surface area contributed by atoms with Gasteiger partial charge in [0.1, 0.15) is 5.75 Å².